The molecule has 0 radical (unpaired) electrons. The van der Waals surface area contributed by atoms with Crippen LogP contribution in [-0.4, -0.2) is 29.9 Å². The molecule has 0 saturated carbocycles. The van der Waals surface area contributed by atoms with Crippen LogP contribution in [0, 0.1) is 12.8 Å². The van der Waals surface area contributed by atoms with Crippen molar-refractivity contribution in [1.29, 1.82) is 0 Å². The Morgan fingerprint density at radius 2 is 2.10 bits per heavy atom. The number of nitrogens with zero attached hydrogens (tertiary/aromatic N) is 1. The Morgan fingerprint density at radius 1 is 1.43 bits per heavy atom. The van der Waals surface area contributed by atoms with Gasteiger partial charge in [0, 0.05) is 24.5 Å². The SMILES string of the molecule is CC(=O)N[C@@H](C)C1CCN(Cc2ccc(C)c(Cl)c2)CC1. The minimum Gasteiger partial charge on any atom is -0.354 e. The van der Waals surface area contributed by atoms with Crippen LogP contribution in [0.15, 0.2) is 18.2 Å². The second kappa shape index (κ2) is 7.28. The number of rotatable bonds is 4. The van der Waals surface area contributed by atoms with Gasteiger partial charge in [0.1, 0.15) is 0 Å². The number of piperidine rings is 1. The normalized spacial score (nSPS) is 18.5. The number of benzene rings is 1. The maximum atomic E-state index is 11.1. The number of halogens is 1. The van der Waals surface area contributed by atoms with Gasteiger partial charge in [0.25, 0.3) is 0 Å². The van der Waals surface area contributed by atoms with Crippen LogP contribution in [0.3, 0.4) is 0 Å². The Hall–Kier alpha value is -1.06. The maximum absolute atomic E-state index is 11.1. The molecule has 116 valence electrons. The zero-order chi connectivity index (χ0) is 15.4. The number of hydrogen-bond acceptors (Lipinski definition) is 2. The van der Waals surface area contributed by atoms with Crippen molar-refractivity contribution >= 4 is 17.5 Å². The molecule has 1 N–H and O–H groups in total. The lowest BCUT2D eigenvalue weighted by atomic mass is 9.90. The number of hydrogen-bond donors (Lipinski definition) is 1. The molecule has 0 aliphatic carbocycles. The van der Waals surface area contributed by atoms with Gasteiger partial charge in [-0.3, -0.25) is 9.69 Å². The van der Waals surface area contributed by atoms with Gasteiger partial charge >= 0.3 is 0 Å². The lowest BCUT2D eigenvalue weighted by molar-refractivity contribution is -0.120. The number of likely N-dealkylation sites (tertiary alicyclic amines) is 1. The second-order valence-corrected chi connectivity index (χ2v) is 6.59. The quantitative estimate of drug-likeness (QED) is 0.925. The Kier molecular flexibility index (Phi) is 5.65. The first kappa shape index (κ1) is 16.3. The van der Waals surface area contributed by atoms with E-state index in [4.69, 9.17) is 11.6 Å². The lowest BCUT2D eigenvalue weighted by Crippen LogP contribution is -2.43. The van der Waals surface area contributed by atoms with Crippen LogP contribution in [0.1, 0.15) is 37.8 Å². The molecular formula is C17H25ClN2O. The van der Waals surface area contributed by atoms with Gasteiger partial charge in [-0.25, -0.2) is 0 Å². The molecule has 0 spiro atoms. The smallest absolute Gasteiger partial charge is 0.217 e. The highest BCUT2D eigenvalue weighted by Crippen LogP contribution is 2.23. The summed E-state index contributed by atoms with van der Waals surface area (Å²) in [6, 6.07) is 6.60. The lowest BCUT2D eigenvalue weighted by Gasteiger charge is -2.35. The first-order valence-electron chi connectivity index (χ1n) is 7.70. The molecule has 1 fully saturated rings. The van der Waals surface area contributed by atoms with Crippen molar-refractivity contribution in [3.63, 3.8) is 0 Å². The summed E-state index contributed by atoms with van der Waals surface area (Å²) in [7, 11) is 0. The number of aryl methyl sites for hydroxylation is 1. The highest BCUT2D eigenvalue weighted by Gasteiger charge is 2.24. The highest BCUT2D eigenvalue weighted by molar-refractivity contribution is 6.31. The minimum absolute atomic E-state index is 0.0687. The van der Waals surface area contributed by atoms with Crippen molar-refractivity contribution in [2.24, 2.45) is 5.92 Å². The summed E-state index contributed by atoms with van der Waals surface area (Å²) in [4.78, 5) is 13.6. The van der Waals surface area contributed by atoms with Gasteiger partial charge in [0.15, 0.2) is 0 Å². The number of nitrogens with one attached hydrogen (secondary N) is 1. The Labute approximate surface area is 132 Å². The average Bonchev–Trinajstić information content (AvgIpc) is 2.43. The molecule has 21 heavy (non-hydrogen) atoms. The van der Waals surface area contributed by atoms with Crippen molar-refractivity contribution < 1.29 is 4.79 Å². The zero-order valence-electron chi connectivity index (χ0n) is 13.2. The minimum atomic E-state index is 0.0687. The van der Waals surface area contributed by atoms with Gasteiger partial charge in [0.2, 0.25) is 5.91 Å². The summed E-state index contributed by atoms with van der Waals surface area (Å²) >= 11 is 6.19. The predicted octanol–water partition coefficient (Wildman–Crippen LogP) is 3.39. The first-order chi connectivity index (χ1) is 9.95. The molecule has 1 aliphatic rings. The van der Waals surface area contributed by atoms with E-state index in [1.165, 1.54) is 5.56 Å². The third kappa shape index (κ3) is 4.72. The van der Waals surface area contributed by atoms with Crippen LogP contribution in [0.4, 0.5) is 0 Å². The van der Waals surface area contributed by atoms with E-state index in [1.54, 1.807) is 6.92 Å². The van der Waals surface area contributed by atoms with Gasteiger partial charge in [-0.2, -0.15) is 0 Å². The topological polar surface area (TPSA) is 32.3 Å². The van der Waals surface area contributed by atoms with Crippen molar-refractivity contribution in [1.82, 2.24) is 10.2 Å². The summed E-state index contributed by atoms with van der Waals surface area (Å²) in [6.45, 7) is 8.86. The summed E-state index contributed by atoms with van der Waals surface area (Å²) in [5.41, 5.74) is 2.40. The van der Waals surface area contributed by atoms with E-state index in [9.17, 15) is 4.79 Å². The van der Waals surface area contributed by atoms with Gasteiger partial charge in [-0.05, 0) is 62.9 Å². The van der Waals surface area contributed by atoms with Crippen LogP contribution in [0.5, 0.6) is 0 Å². The number of amides is 1. The van der Waals surface area contributed by atoms with Crippen LogP contribution in [-0.2, 0) is 11.3 Å². The van der Waals surface area contributed by atoms with E-state index in [2.05, 4.69) is 35.3 Å². The van der Waals surface area contributed by atoms with Gasteiger partial charge < -0.3 is 5.32 Å². The van der Waals surface area contributed by atoms with Gasteiger partial charge in [0.05, 0.1) is 0 Å². The van der Waals surface area contributed by atoms with Crippen molar-refractivity contribution in [2.75, 3.05) is 13.1 Å². The van der Waals surface area contributed by atoms with Crippen LogP contribution in [0.25, 0.3) is 0 Å². The van der Waals surface area contributed by atoms with E-state index in [0.717, 1.165) is 43.1 Å². The molecule has 1 heterocycles. The number of carbonyl (C=O) groups is 1. The van der Waals surface area contributed by atoms with E-state index in [-0.39, 0.29) is 11.9 Å². The highest BCUT2D eigenvalue weighted by atomic mass is 35.5. The average molecular weight is 309 g/mol. The molecule has 0 unspecified atom stereocenters. The van der Waals surface area contributed by atoms with Gasteiger partial charge in [-0.15, -0.1) is 0 Å². The molecular weight excluding hydrogens is 284 g/mol. The van der Waals surface area contributed by atoms with Crippen LogP contribution in [0.2, 0.25) is 5.02 Å². The fourth-order valence-corrected chi connectivity index (χ4v) is 3.25. The molecule has 1 atom stereocenters. The summed E-state index contributed by atoms with van der Waals surface area (Å²) in [5, 5.41) is 3.86. The molecule has 0 aromatic heterocycles. The molecule has 3 nitrogen and oxygen atoms in total. The van der Waals surface area contributed by atoms with E-state index >= 15 is 0 Å². The van der Waals surface area contributed by atoms with Crippen molar-refractivity contribution in [3.05, 3.63) is 34.3 Å². The molecule has 1 aromatic rings. The Bertz CT molecular complexity index is 496. The Morgan fingerprint density at radius 3 is 2.67 bits per heavy atom. The molecule has 1 aliphatic heterocycles. The maximum Gasteiger partial charge on any atom is 0.217 e. The van der Waals surface area contributed by atoms with Crippen LogP contribution < -0.4 is 5.32 Å². The van der Waals surface area contributed by atoms with Crippen molar-refractivity contribution in [2.45, 2.75) is 46.2 Å². The van der Waals surface area contributed by atoms with E-state index < -0.39 is 0 Å². The van der Waals surface area contributed by atoms with E-state index in [0.29, 0.717) is 5.92 Å². The fourth-order valence-electron chi connectivity index (χ4n) is 3.04. The molecule has 1 amide bonds. The van der Waals surface area contributed by atoms with Crippen molar-refractivity contribution in [3.8, 4) is 0 Å². The first-order valence-corrected chi connectivity index (χ1v) is 8.08. The molecule has 4 heteroatoms. The largest absolute Gasteiger partial charge is 0.354 e. The summed E-state index contributed by atoms with van der Waals surface area (Å²) < 4.78 is 0. The Balaban J connectivity index is 1.83. The summed E-state index contributed by atoms with van der Waals surface area (Å²) in [5.74, 6) is 0.658. The molecule has 1 saturated heterocycles. The third-order valence-corrected chi connectivity index (χ3v) is 4.82. The predicted molar refractivity (Wildman–Crippen MR) is 87.5 cm³/mol. The monoisotopic (exact) mass is 308 g/mol. The fraction of sp³-hybridized carbons (Fsp3) is 0.588. The molecule has 0 bridgehead atoms. The second-order valence-electron chi connectivity index (χ2n) is 6.19. The molecule has 2 rings (SSSR count). The zero-order valence-corrected chi connectivity index (χ0v) is 13.9. The van der Waals surface area contributed by atoms with Crippen LogP contribution >= 0.6 is 11.6 Å². The van der Waals surface area contributed by atoms with Gasteiger partial charge in [-0.1, -0.05) is 23.7 Å². The third-order valence-electron chi connectivity index (χ3n) is 4.41. The van der Waals surface area contributed by atoms with E-state index in [1.807, 2.05) is 6.92 Å². The standard InChI is InChI=1S/C17H25ClN2O/c1-12-4-5-15(10-17(12)18)11-20-8-6-16(7-9-20)13(2)19-14(3)21/h4-5,10,13,16H,6-9,11H2,1-3H3,(H,19,21)/t13-/m0/s1. The number of carbonyl (C=O) groups excluding carboxylic acids is 1. The molecule has 1 aromatic carbocycles. The summed E-state index contributed by atoms with van der Waals surface area (Å²) in [6.07, 6.45) is 2.28.